The molecule has 4 nitrogen and oxygen atoms in total. The van der Waals surface area contributed by atoms with Gasteiger partial charge in [-0.1, -0.05) is 15.9 Å². The predicted molar refractivity (Wildman–Crippen MR) is 76.6 cm³/mol. The molecule has 0 radical (unpaired) electrons. The summed E-state index contributed by atoms with van der Waals surface area (Å²) >= 11 is 3.18. The van der Waals surface area contributed by atoms with Crippen LogP contribution in [0.15, 0.2) is 22.7 Å². The molecule has 1 aliphatic rings. The molecule has 0 aromatic heterocycles. The van der Waals surface area contributed by atoms with Crippen LogP contribution in [0.3, 0.4) is 0 Å². The fourth-order valence-electron chi connectivity index (χ4n) is 2.08. The minimum Gasteiger partial charge on any atom is -0.322 e. The molecule has 1 aliphatic heterocycles. The van der Waals surface area contributed by atoms with E-state index in [1.54, 1.807) is 12.1 Å². The molecule has 1 aromatic carbocycles. The lowest BCUT2D eigenvalue weighted by Gasteiger charge is -2.33. The standard InChI is InChI=1S/C13H17BrFN3O/c1-9-7-16-4-5-18(9)8-13(19)17-12-3-2-10(14)6-11(12)15/h2-3,6,9,16H,4-5,7-8H2,1H3,(H,17,19)/t9-/m0/s1. The number of carbonyl (C=O) groups is 1. The fraction of sp³-hybridized carbons (Fsp3) is 0.462. The van der Waals surface area contributed by atoms with E-state index in [-0.39, 0.29) is 11.6 Å². The molecular weight excluding hydrogens is 313 g/mol. The van der Waals surface area contributed by atoms with Gasteiger partial charge in [0.15, 0.2) is 0 Å². The molecule has 1 aromatic rings. The van der Waals surface area contributed by atoms with Crippen molar-refractivity contribution in [2.24, 2.45) is 0 Å². The highest BCUT2D eigenvalue weighted by Crippen LogP contribution is 2.19. The van der Waals surface area contributed by atoms with Crippen molar-refractivity contribution in [3.63, 3.8) is 0 Å². The third kappa shape index (κ3) is 3.99. The van der Waals surface area contributed by atoms with Gasteiger partial charge in [0.05, 0.1) is 12.2 Å². The monoisotopic (exact) mass is 329 g/mol. The molecule has 1 amide bonds. The summed E-state index contributed by atoms with van der Waals surface area (Å²) < 4.78 is 14.2. The Bertz CT molecular complexity index is 469. The number of benzene rings is 1. The van der Waals surface area contributed by atoms with Gasteiger partial charge in [0.2, 0.25) is 5.91 Å². The second-order valence-corrected chi connectivity index (χ2v) is 5.61. The molecule has 1 heterocycles. The number of anilines is 1. The third-order valence-electron chi connectivity index (χ3n) is 3.19. The SMILES string of the molecule is C[C@H]1CNCCN1CC(=O)Nc1ccc(Br)cc1F. The first-order valence-corrected chi connectivity index (χ1v) is 7.05. The number of piperazine rings is 1. The number of amides is 1. The molecule has 0 unspecified atom stereocenters. The van der Waals surface area contributed by atoms with Crippen LogP contribution in [0.25, 0.3) is 0 Å². The Hall–Kier alpha value is -0.980. The molecule has 2 rings (SSSR count). The van der Waals surface area contributed by atoms with Crippen molar-refractivity contribution in [1.29, 1.82) is 0 Å². The first kappa shape index (κ1) is 14.4. The van der Waals surface area contributed by atoms with Crippen molar-refractivity contribution in [3.8, 4) is 0 Å². The molecule has 1 saturated heterocycles. The van der Waals surface area contributed by atoms with Crippen LogP contribution >= 0.6 is 15.9 Å². The second-order valence-electron chi connectivity index (χ2n) is 4.70. The normalized spacial score (nSPS) is 20.3. The minimum atomic E-state index is -0.434. The molecular formula is C13H17BrFN3O. The van der Waals surface area contributed by atoms with Gasteiger partial charge < -0.3 is 10.6 Å². The molecule has 6 heteroatoms. The largest absolute Gasteiger partial charge is 0.322 e. The Morgan fingerprint density at radius 1 is 1.63 bits per heavy atom. The number of rotatable bonds is 3. The number of nitrogens with one attached hydrogen (secondary N) is 2. The van der Waals surface area contributed by atoms with Gasteiger partial charge in [-0.3, -0.25) is 9.69 Å². The average Bonchev–Trinajstić information content (AvgIpc) is 2.36. The number of nitrogens with zero attached hydrogens (tertiary/aromatic N) is 1. The van der Waals surface area contributed by atoms with Crippen molar-refractivity contribution in [2.45, 2.75) is 13.0 Å². The van der Waals surface area contributed by atoms with Gasteiger partial charge in [-0.2, -0.15) is 0 Å². The lowest BCUT2D eigenvalue weighted by molar-refractivity contribution is -0.118. The lowest BCUT2D eigenvalue weighted by atomic mass is 10.2. The van der Waals surface area contributed by atoms with E-state index in [2.05, 4.69) is 38.4 Å². The van der Waals surface area contributed by atoms with E-state index < -0.39 is 5.82 Å². The number of hydrogen-bond donors (Lipinski definition) is 2. The van der Waals surface area contributed by atoms with Crippen molar-refractivity contribution >= 4 is 27.5 Å². The second kappa shape index (κ2) is 6.45. The first-order valence-electron chi connectivity index (χ1n) is 6.26. The third-order valence-corrected chi connectivity index (χ3v) is 3.68. The highest BCUT2D eigenvalue weighted by molar-refractivity contribution is 9.10. The van der Waals surface area contributed by atoms with E-state index in [0.717, 1.165) is 19.6 Å². The van der Waals surface area contributed by atoms with Crippen LogP contribution in [0.2, 0.25) is 0 Å². The minimum absolute atomic E-state index is 0.185. The summed E-state index contributed by atoms with van der Waals surface area (Å²) in [5.41, 5.74) is 0.219. The Labute approximate surface area is 120 Å². The van der Waals surface area contributed by atoms with E-state index in [0.29, 0.717) is 17.1 Å². The quantitative estimate of drug-likeness (QED) is 0.889. The van der Waals surface area contributed by atoms with Crippen LogP contribution in [0.4, 0.5) is 10.1 Å². The Morgan fingerprint density at radius 2 is 2.42 bits per heavy atom. The first-order chi connectivity index (χ1) is 9.06. The molecule has 104 valence electrons. The maximum Gasteiger partial charge on any atom is 0.238 e. The zero-order valence-corrected chi connectivity index (χ0v) is 12.3. The van der Waals surface area contributed by atoms with Crippen LogP contribution in [0, 0.1) is 5.82 Å². The Kier molecular flexibility index (Phi) is 4.90. The molecule has 1 fully saturated rings. The van der Waals surface area contributed by atoms with Gasteiger partial charge in [0.25, 0.3) is 0 Å². The average molecular weight is 330 g/mol. The van der Waals surface area contributed by atoms with Gasteiger partial charge in [0, 0.05) is 30.1 Å². The smallest absolute Gasteiger partial charge is 0.238 e. The number of halogens is 2. The van der Waals surface area contributed by atoms with Crippen LogP contribution < -0.4 is 10.6 Å². The molecule has 0 spiro atoms. The maximum atomic E-state index is 13.6. The lowest BCUT2D eigenvalue weighted by Crippen LogP contribution is -2.52. The zero-order valence-electron chi connectivity index (χ0n) is 10.7. The number of hydrogen-bond acceptors (Lipinski definition) is 3. The molecule has 0 saturated carbocycles. The molecule has 2 N–H and O–H groups in total. The molecule has 19 heavy (non-hydrogen) atoms. The predicted octanol–water partition coefficient (Wildman–Crippen LogP) is 1.82. The van der Waals surface area contributed by atoms with E-state index >= 15 is 0 Å². The Balaban J connectivity index is 1.93. The number of carbonyl (C=O) groups excluding carboxylic acids is 1. The van der Waals surface area contributed by atoms with Crippen molar-refractivity contribution in [3.05, 3.63) is 28.5 Å². The van der Waals surface area contributed by atoms with Gasteiger partial charge >= 0.3 is 0 Å². The van der Waals surface area contributed by atoms with Crippen molar-refractivity contribution in [2.75, 3.05) is 31.5 Å². The van der Waals surface area contributed by atoms with Gasteiger partial charge in [-0.15, -0.1) is 0 Å². The van der Waals surface area contributed by atoms with Crippen LogP contribution in [0.1, 0.15) is 6.92 Å². The van der Waals surface area contributed by atoms with E-state index in [1.165, 1.54) is 6.07 Å². The highest BCUT2D eigenvalue weighted by atomic mass is 79.9. The van der Waals surface area contributed by atoms with Crippen molar-refractivity contribution in [1.82, 2.24) is 10.2 Å². The van der Waals surface area contributed by atoms with Crippen LogP contribution in [-0.4, -0.2) is 43.0 Å². The fourth-order valence-corrected chi connectivity index (χ4v) is 2.42. The van der Waals surface area contributed by atoms with Crippen molar-refractivity contribution < 1.29 is 9.18 Å². The van der Waals surface area contributed by atoms with E-state index in [4.69, 9.17) is 0 Å². The molecule has 0 bridgehead atoms. The summed E-state index contributed by atoms with van der Waals surface area (Å²) in [7, 11) is 0. The Morgan fingerprint density at radius 3 is 3.11 bits per heavy atom. The summed E-state index contributed by atoms with van der Waals surface area (Å²) in [5.74, 6) is -0.619. The van der Waals surface area contributed by atoms with Gasteiger partial charge in [-0.25, -0.2) is 4.39 Å². The molecule has 1 atom stereocenters. The highest BCUT2D eigenvalue weighted by Gasteiger charge is 2.20. The van der Waals surface area contributed by atoms with E-state index in [1.807, 2.05) is 0 Å². The summed E-state index contributed by atoms with van der Waals surface area (Å²) in [5, 5.41) is 5.87. The maximum absolute atomic E-state index is 13.6. The van der Waals surface area contributed by atoms with Crippen LogP contribution in [0.5, 0.6) is 0 Å². The topological polar surface area (TPSA) is 44.4 Å². The summed E-state index contributed by atoms with van der Waals surface area (Å²) in [4.78, 5) is 14.0. The summed E-state index contributed by atoms with van der Waals surface area (Å²) in [6, 6.07) is 4.91. The van der Waals surface area contributed by atoms with Gasteiger partial charge in [-0.05, 0) is 25.1 Å². The molecule has 0 aliphatic carbocycles. The van der Waals surface area contributed by atoms with E-state index in [9.17, 15) is 9.18 Å². The summed E-state index contributed by atoms with van der Waals surface area (Å²) in [6.45, 7) is 4.94. The van der Waals surface area contributed by atoms with Gasteiger partial charge in [0.1, 0.15) is 5.82 Å². The zero-order chi connectivity index (χ0) is 13.8. The van der Waals surface area contributed by atoms with Crippen LogP contribution in [-0.2, 0) is 4.79 Å². The summed E-state index contributed by atoms with van der Waals surface area (Å²) in [6.07, 6.45) is 0.